The van der Waals surface area contributed by atoms with E-state index < -0.39 is 18.0 Å². The van der Waals surface area contributed by atoms with E-state index in [9.17, 15) is 19.2 Å². The third-order valence-corrected chi connectivity index (χ3v) is 6.01. The summed E-state index contributed by atoms with van der Waals surface area (Å²) >= 11 is 3.38. The molecule has 0 aromatic heterocycles. The van der Waals surface area contributed by atoms with Gasteiger partial charge < -0.3 is 20.3 Å². The van der Waals surface area contributed by atoms with Crippen molar-refractivity contribution in [2.45, 2.75) is 25.5 Å². The molecule has 9 heteroatoms. The lowest BCUT2D eigenvalue weighted by Gasteiger charge is -2.27. The van der Waals surface area contributed by atoms with Crippen LogP contribution in [0.25, 0.3) is 0 Å². The Labute approximate surface area is 224 Å². The number of amides is 3. The zero-order valence-corrected chi connectivity index (χ0v) is 21.7. The Balaban J connectivity index is 1.59. The highest BCUT2D eigenvalue weighted by atomic mass is 79.9. The van der Waals surface area contributed by atoms with Crippen molar-refractivity contribution in [2.24, 2.45) is 0 Å². The van der Waals surface area contributed by atoms with Gasteiger partial charge in [0.1, 0.15) is 12.6 Å². The zero-order chi connectivity index (χ0) is 26.5. The van der Waals surface area contributed by atoms with E-state index in [1.807, 2.05) is 36.4 Å². The van der Waals surface area contributed by atoms with Gasteiger partial charge in [-0.1, -0.05) is 82.7 Å². The average molecular weight is 566 g/mol. The summed E-state index contributed by atoms with van der Waals surface area (Å²) in [4.78, 5) is 51.0. The van der Waals surface area contributed by atoms with Crippen LogP contribution in [0.1, 0.15) is 28.8 Å². The summed E-state index contributed by atoms with van der Waals surface area (Å²) in [6, 6.07) is 24.1. The van der Waals surface area contributed by atoms with Gasteiger partial charge in [0.15, 0.2) is 5.78 Å². The fourth-order valence-corrected chi connectivity index (χ4v) is 4.01. The lowest BCUT2D eigenvalue weighted by molar-refractivity contribution is -0.123. The van der Waals surface area contributed by atoms with Gasteiger partial charge in [0.2, 0.25) is 12.3 Å². The van der Waals surface area contributed by atoms with E-state index in [0.717, 1.165) is 10.0 Å². The van der Waals surface area contributed by atoms with Gasteiger partial charge in [0, 0.05) is 22.3 Å². The van der Waals surface area contributed by atoms with E-state index in [-0.39, 0.29) is 31.9 Å². The minimum atomic E-state index is -0.891. The fourth-order valence-electron chi connectivity index (χ4n) is 3.62. The monoisotopic (exact) mass is 565 g/mol. The molecule has 0 unspecified atom stereocenters. The number of alkyl carbamates (subject to hydrolysis) is 1. The predicted molar refractivity (Wildman–Crippen MR) is 144 cm³/mol. The second kappa shape index (κ2) is 14.5. The first-order chi connectivity index (χ1) is 18.0. The molecule has 1 atom stereocenters. The van der Waals surface area contributed by atoms with Crippen LogP contribution in [0.15, 0.2) is 89.4 Å². The Morgan fingerprint density at radius 3 is 2.30 bits per heavy atom. The number of Topliss-reactive ketones (excluding diaryl/α,β-unsaturated/α-hetero) is 1. The number of halogens is 1. The van der Waals surface area contributed by atoms with Crippen LogP contribution in [-0.2, 0) is 20.9 Å². The number of rotatable bonds is 13. The second-order valence-corrected chi connectivity index (χ2v) is 9.06. The first-order valence-corrected chi connectivity index (χ1v) is 12.6. The molecule has 0 saturated carbocycles. The first kappa shape index (κ1) is 27.6. The van der Waals surface area contributed by atoms with Crippen molar-refractivity contribution in [3.8, 4) is 0 Å². The topological polar surface area (TPSA) is 105 Å². The standard InChI is InChI=1S/C28H28BrN3O5/c29-23-13-7-14-24(17-23)32(20-33)25(27(35)31-18-26(34)22-11-5-2-6-12-22)15-8-16-30-28(36)37-19-21-9-3-1-4-10-21/h1-7,9-14,17,20,25H,8,15-16,18-19H2,(H,30,36)(H,31,35)/t25-/m0/s1. The van der Waals surface area contributed by atoms with Gasteiger partial charge >= 0.3 is 6.09 Å². The molecule has 0 heterocycles. The minimum Gasteiger partial charge on any atom is -0.445 e. The molecule has 0 fully saturated rings. The SMILES string of the molecule is O=CN(c1cccc(Br)c1)[C@@H](CCCNC(=O)OCc1ccccc1)C(=O)NCC(=O)c1ccccc1. The van der Waals surface area contributed by atoms with Gasteiger partial charge in [-0.3, -0.25) is 14.4 Å². The van der Waals surface area contributed by atoms with Crippen molar-refractivity contribution in [3.05, 3.63) is 101 Å². The van der Waals surface area contributed by atoms with Crippen LogP contribution < -0.4 is 15.5 Å². The molecule has 3 aromatic rings. The molecule has 37 heavy (non-hydrogen) atoms. The third-order valence-electron chi connectivity index (χ3n) is 5.51. The molecule has 0 radical (unpaired) electrons. The Hall–Kier alpha value is -3.98. The fraction of sp³-hybridized carbons (Fsp3) is 0.214. The zero-order valence-electron chi connectivity index (χ0n) is 20.1. The van der Waals surface area contributed by atoms with E-state index in [1.165, 1.54) is 4.90 Å². The maximum Gasteiger partial charge on any atom is 0.407 e. The maximum absolute atomic E-state index is 13.1. The lowest BCUT2D eigenvalue weighted by Crippen LogP contribution is -2.48. The number of benzene rings is 3. The van der Waals surface area contributed by atoms with Crippen LogP contribution >= 0.6 is 15.9 Å². The molecule has 2 N–H and O–H groups in total. The molecule has 0 spiro atoms. The van der Waals surface area contributed by atoms with E-state index >= 15 is 0 Å². The molecule has 3 rings (SSSR count). The number of nitrogens with zero attached hydrogens (tertiary/aromatic N) is 1. The summed E-state index contributed by atoms with van der Waals surface area (Å²) in [7, 11) is 0. The van der Waals surface area contributed by atoms with Crippen molar-refractivity contribution >= 4 is 45.8 Å². The molecule has 8 nitrogen and oxygen atoms in total. The number of nitrogens with one attached hydrogen (secondary N) is 2. The highest BCUT2D eigenvalue weighted by Gasteiger charge is 2.26. The van der Waals surface area contributed by atoms with Crippen LogP contribution in [-0.4, -0.2) is 43.3 Å². The highest BCUT2D eigenvalue weighted by molar-refractivity contribution is 9.10. The van der Waals surface area contributed by atoms with Crippen LogP contribution in [0.3, 0.4) is 0 Å². The number of ketones is 1. The molecule has 3 aromatic carbocycles. The van der Waals surface area contributed by atoms with E-state index in [0.29, 0.717) is 24.1 Å². The smallest absolute Gasteiger partial charge is 0.407 e. The molecule has 0 aliphatic heterocycles. The Bertz CT molecular complexity index is 1190. The summed E-state index contributed by atoms with van der Waals surface area (Å²) in [6.07, 6.45) is 0.656. The Kier molecular flexibility index (Phi) is 10.9. The second-order valence-electron chi connectivity index (χ2n) is 8.15. The third kappa shape index (κ3) is 8.88. The normalized spacial score (nSPS) is 11.2. The van der Waals surface area contributed by atoms with Crippen LogP contribution in [0, 0.1) is 0 Å². The molecule has 0 saturated heterocycles. The summed E-state index contributed by atoms with van der Waals surface area (Å²) in [5, 5.41) is 5.32. The van der Waals surface area contributed by atoms with Gasteiger partial charge in [0.25, 0.3) is 0 Å². The van der Waals surface area contributed by atoms with Crippen LogP contribution in [0.2, 0.25) is 0 Å². The first-order valence-electron chi connectivity index (χ1n) is 11.8. The molecular weight excluding hydrogens is 538 g/mol. The Morgan fingerprint density at radius 2 is 1.62 bits per heavy atom. The average Bonchev–Trinajstić information content (AvgIpc) is 2.93. The molecule has 0 aliphatic carbocycles. The highest BCUT2D eigenvalue weighted by Crippen LogP contribution is 2.22. The molecule has 3 amide bonds. The van der Waals surface area contributed by atoms with Crippen molar-refractivity contribution in [2.75, 3.05) is 18.0 Å². The number of anilines is 1. The predicted octanol–water partition coefficient (Wildman–Crippen LogP) is 4.49. The van der Waals surface area contributed by atoms with Gasteiger partial charge in [-0.05, 0) is 36.6 Å². The van der Waals surface area contributed by atoms with E-state index in [4.69, 9.17) is 4.74 Å². The maximum atomic E-state index is 13.1. The molecule has 0 aliphatic rings. The molecule has 192 valence electrons. The van der Waals surface area contributed by atoms with Crippen molar-refractivity contribution in [1.29, 1.82) is 0 Å². The van der Waals surface area contributed by atoms with Crippen molar-refractivity contribution in [1.82, 2.24) is 10.6 Å². The minimum absolute atomic E-state index is 0.148. The number of hydrogen-bond donors (Lipinski definition) is 2. The van der Waals surface area contributed by atoms with Gasteiger partial charge in [-0.25, -0.2) is 4.79 Å². The van der Waals surface area contributed by atoms with Gasteiger partial charge in [-0.15, -0.1) is 0 Å². The number of ether oxygens (including phenoxy) is 1. The quantitative estimate of drug-likeness (QED) is 0.180. The summed E-state index contributed by atoms with van der Waals surface area (Å²) in [6.45, 7) is 0.190. The largest absolute Gasteiger partial charge is 0.445 e. The van der Waals surface area contributed by atoms with Crippen molar-refractivity contribution in [3.63, 3.8) is 0 Å². The van der Waals surface area contributed by atoms with Crippen molar-refractivity contribution < 1.29 is 23.9 Å². The van der Waals surface area contributed by atoms with Gasteiger partial charge in [0.05, 0.1) is 6.54 Å². The molecular formula is C28H28BrN3O5. The lowest BCUT2D eigenvalue weighted by atomic mass is 10.1. The number of carbonyl (C=O) groups excluding carboxylic acids is 4. The van der Waals surface area contributed by atoms with E-state index in [2.05, 4.69) is 26.6 Å². The van der Waals surface area contributed by atoms with Gasteiger partial charge in [-0.2, -0.15) is 0 Å². The summed E-state index contributed by atoms with van der Waals surface area (Å²) in [5.41, 5.74) is 1.88. The van der Waals surface area contributed by atoms with Crippen LogP contribution in [0.5, 0.6) is 0 Å². The Morgan fingerprint density at radius 1 is 0.919 bits per heavy atom. The summed E-state index contributed by atoms with van der Waals surface area (Å²) in [5.74, 6) is -0.710. The van der Waals surface area contributed by atoms with Crippen LogP contribution in [0.4, 0.5) is 10.5 Å². The van der Waals surface area contributed by atoms with E-state index in [1.54, 1.807) is 48.5 Å². The number of carbonyl (C=O) groups is 4. The summed E-state index contributed by atoms with van der Waals surface area (Å²) < 4.78 is 5.95. The molecule has 0 bridgehead atoms. The number of hydrogen-bond acceptors (Lipinski definition) is 5.